The highest BCUT2D eigenvalue weighted by atomic mass is 32.2. The summed E-state index contributed by atoms with van der Waals surface area (Å²) in [7, 11) is -2.42. The Balaban J connectivity index is 1.53. The first kappa shape index (κ1) is 24.3. The zero-order valence-corrected chi connectivity index (χ0v) is 21.2. The molecule has 2 heterocycles. The molecule has 0 bridgehead atoms. The Morgan fingerprint density at radius 3 is 2.39 bits per heavy atom. The number of urea groups is 1. The summed E-state index contributed by atoms with van der Waals surface area (Å²) in [5.41, 5.74) is 8.90. The number of hydrogen-bond donors (Lipinski definition) is 1. The average molecular weight is 507 g/mol. The second-order valence-corrected chi connectivity index (χ2v) is 11.4. The summed E-state index contributed by atoms with van der Waals surface area (Å²) >= 11 is 0. The number of benzene rings is 2. The number of carbonyl (C=O) groups is 1. The third-order valence-corrected chi connectivity index (χ3v) is 8.74. The molecule has 0 radical (unpaired) electrons. The van der Waals surface area contributed by atoms with Crippen molar-refractivity contribution in [2.24, 2.45) is 5.73 Å². The molecule has 2 amide bonds. The van der Waals surface area contributed by atoms with Gasteiger partial charge in [-0.15, -0.1) is 0 Å². The van der Waals surface area contributed by atoms with E-state index in [1.165, 1.54) is 29.5 Å². The molecule has 3 aromatic rings. The molecule has 2 aliphatic rings. The van der Waals surface area contributed by atoms with Crippen LogP contribution in [0.15, 0.2) is 73.1 Å². The molecule has 1 aromatic heterocycles. The van der Waals surface area contributed by atoms with Crippen molar-refractivity contribution in [2.75, 3.05) is 13.7 Å². The summed E-state index contributed by atoms with van der Waals surface area (Å²) in [6.07, 6.45) is 5.41. The quantitative estimate of drug-likeness (QED) is 0.493. The Hall–Kier alpha value is -3.43. The lowest BCUT2D eigenvalue weighted by atomic mass is 9.95. The van der Waals surface area contributed by atoms with Gasteiger partial charge in [-0.3, -0.25) is 9.88 Å². The normalized spacial score (nSPS) is 21.0. The first-order valence-electron chi connectivity index (χ1n) is 12.0. The summed E-state index contributed by atoms with van der Waals surface area (Å²) in [6.45, 7) is 1.68. The smallest absolute Gasteiger partial charge is 0.336 e. The first-order chi connectivity index (χ1) is 17.2. The van der Waals surface area contributed by atoms with Crippen molar-refractivity contribution < 1.29 is 17.9 Å². The number of rotatable bonds is 8. The van der Waals surface area contributed by atoms with E-state index < -0.39 is 27.8 Å². The topological polar surface area (TPSA) is 106 Å². The fraction of sp³-hybridized carbons (Fsp3) is 0.333. The molecule has 1 saturated carbocycles. The highest BCUT2D eigenvalue weighted by molar-refractivity contribution is 7.88. The SMILES string of the molecule is COc1ccc(C(C)N2C(=O)N(S(=O)(=O)Cc3cccnc3)CC2(N)c2ccc(C3CC3)cc2)cc1. The molecular formula is C27H30N4O4S. The van der Waals surface area contributed by atoms with Crippen LogP contribution >= 0.6 is 0 Å². The fourth-order valence-corrected chi connectivity index (χ4v) is 6.34. The van der Waals surface area contributed by atoms with Crippen LogP contribution in [0.5, 0.6) is 5.75 Å². The first-order valence-corrected chi connectivity index (χ1v) is 13.6. The number of hydrogen-bond acceptors (Lipinski definition) is 6. The maximum atomic E-state index is 13.8. The van der Waals surface area contributed by atoms with Crippen LogP contribution in [0, 0.1) is 0 Å². The predicted molar refractivity (Wildman–Crippen MR) is 136 cm³/mol. The lowest BCUT2D eigenvalue weighted by molar-refractivity contribution is 0.125. The lowest BCUT2D eigenvalue weighted by Crippen LogP contribution is -2.52. The maximum absolute atomic E-state index is 13.8. The minimum Gasteiger partial charge on any atom is -0.497 e. The van der Waals surface area contributed by atoms with E-state index in [9.17, 15) is 13.2 Å². The van der Waals surface area contributed by atoms with Crippen LogP contribution in [0.25, 0.3) is 0 Å². The summed E-state index contributed by atoms with van der Waals surface area (Å²) in [4.78, 5) is 19.3. The number of aromatic nitrogens is 1. The molecule has 8 nitrogen and oxygen atoms in total. The molecule has 2 N–H and O–H groups in total. The van der Waals surface area contributed by atoms with Crippen LogP contribution in [0.1, 0.15) is 54.0 Å². The van der Waals surface area contributed by atoms with Gasteiger partial charge in [0.2, 0.25) is 10.0 Å². The van der Waals surface area contributed by atoms with Crippen LogP contribution in [-0.4, -0.2) is 42.3 Å². The summed E-state index contributed by atoms with van der Waals surface area (Å²) in [6, 6.07) is 17.5. The van der Waals surface area contributed by atoms with Crippen LogP contribution in [0.4, 0.5) is 4.79 Å². The van der Waals surface area contributed by atoms with E-state index in [0.29, 0.717) is 22.8 Å². The standard InChI is InChI=1S/C27H30N4O4S/c1-19(21-9-13-25(35-2)14-10-21)31-26(32)30(36(33,34)17-20-4-3-15-29-16-20)18-27(31,28)24-11-7-23(8-12-24)22-5-6-22/h3-4,7-16,19,22H,5-6,17-18,28H2,1-2H3. The van der Waals surface area contributed by atoms with E-state index in [4.69, 9.17) is 10.5 Å². The maximum Gasteiger partial charge on any atom is 0.336 e. The van der Waals surface area contributed by atoms with Gasteiger partial charge in [0.1, 0.15) is 11.4 Å². The third-order valence-electron chi connectivity index (χ3n) is 7.09. The third kappa shape index (κ3) is 4.44. The van der Waals surface area contributed by atoms with Gasteiger partial charge in [-0.05, 0) is 66.1 Å². The molecule has 2 aromatic carbocycles. The van der Waals surface area contributed by atoms with Crippen molar-refractivity contribution in [1.82, 2.24) is 14.2 Å². The van der Waals surface area contributed by atoms with E-state index >= 15 is 0 Å². The van der Waals surface area contributed by atoms with Crippen molar-refractivity contribution in [3.63, 3.8) is 0 Å². The van der Waals surface area contributed by atoms with Gasteiger partial charge in [-0.2, -0.15) is 0 Å². The molecular weight excluding hydrogens is 476 g/mol. The number of sulfonamides is 1. The summed E-state index contributed by atoms with van der Waals surface area (Å²) < 4.78 is 33.1. The largest absolute Gasteiger partial charge is 0.497 e. The van der Waals surface area contributed by atoms with E-state index in [1.54, 1.807) is 25.4 Å². The van der Waals surface area contributed by atoms with E-state index in [2.05, 4.69) is 4.98 Å². The number of methoxy groups -OCH3 is 1. The van der Waals surface area contributed by atoms with Gasteiger partial charge in [0.15, 0.2) is 0 Å². The number of carbonyl (C=O) groups excluding carboxylic acids is 1. The molecule has 1 aliphatic carbocycles. The number of pyridine rings is 1. The Morgan fingerprint density at radius 1 is 1.11 bits per heavy atom. The van der Waals surface area contributed by atoms with Crippen LogP contribution in [0.3, 0.4) is 0 Å². The van der Waals surface area contributed by atoms with Crippen molar-refractivity contribution in [3.8, 4) is 5.75 Å². The number of nitrogens with zero attached hydrogens (tertiary/aromatic N) is 3. The van der Waals surface area contributed by atoms with Crippen molar-refractivity contribution in [1.29, 1.82) is 0 Å². The van der Waals surface area contributed by atoms with Crippen LogP contribution in [-0.2, 0) is 21.4 Å². The van der Waals surface area contributed by atoms with E-state index in [1.807, 2.05) is 55.5 Å². The van der Waals surface area contributed by atoms with Crippen LogP contribution < -0.4 is 10.5 Å². The Kier molecular flexibility index (Phi) is 6.22. The van der Waals surface area contributed by atoms with Crippen molar-refractivity contribution in [2.45, 2.75) is 43.1 Å². The molecule has 2 fully saturated rings. The minimum absolute atomic E-state index is 0.183. The Morgan fingerprint density at radius 2 is 1.81 bits per heavy atom. The highest BCUT2D eigenvalue weighted by Gasteiger charge is 2.54. The number of ether oxygens (including phenoxy) is 1. The van der Waals surface area contributed by atoms with Gasteiger partial charge in [0.05, 0.1) is 25.4 Å². The molecule has 5 rings (SSSR count). The second kappa shape index (κ2) is 9.22. The van der Waals surface area contributed by atoms with Crippen molar-refractivity contribution in [3.05, 3.63) is 95.3 Å². The Bertz CT molecular complexity index is 1340. The van der Waals surface area contributed by atoms with E-state index in [0.717, 1.165) is 9.87 Å². The summed E-state index contributed by atoms with van der Waals surface area (Å²) in [5.74, 6) is 0.923. The summed E-state index contributed by atoms with van der Waals surface area (Å²) in [5, 5.41) is 0. The molecule has 1 saturated heterocycles. The van der Waals surface area contributed by atoms with E-state index in [-0.39, 0.29) is 12.3 Å². The molecule has 0 spiro atoms. The van der Waals surface area contributed by atoms with Gasteiger partial charge < -0.3 is 10.5 Å². The molecule has 1 aliphatic heterocycles. The molecule has 36 heavy (non-hydrogen) atoms. The molecule has 2 atom stereocenters. The second-order valence-electron chi connectivity index (χ2n) is 9.55. The monoisotopic (exact) mass is 506 g/mol. The molecule has 2 unspecified atom stereocenters. The van der Waals surface area contributed by atoms with Gasteiger partial charge in [-0.1, -0.05) is 42.5 Å². The number of nitrogens with two attached hydrogens (primary N) is 1. The Labute approximate surface area is 211 Å². The molecule has 188 valence electrons. The highest BCUT2D eigenvalue weighted by Crippen LogP contribution is 2.43. The zero-order valence-electron chi connectivity index (χ0n) is 20.4. The predicted octanol–water partition coefficient (Wildman–Crippen LogP) is 4.11. The van der Waals surface area contributed by atoms with Crippen molar-refractivity contribution >= 4 is 16.1 Å². The lowest BCUT2D eigenvalue weighted by Gasteiger charge is -2.38. The van der Waals surface area contributed by atoms with Gasteiger partial charge in [0, 0.05) is 12.4 Å². The fourth-order valence-electron chi connectivity index (χ4n) is 4.88. The zero-order chi connectivity index (χ0) is 25.5. The van der Waals surface area contributed by atoms with Gasteiger partial charge >= 0.3 is 6.03 Å². The van der Waals surface area contributed by atoms with Gasteiger partial charge in [-0.25, -0.2) is 17.5 Å². The molecule has 9 heteroatoms. The van der Waals surface area contributed by atoms with Crippen LogP contribution in [0.2, 0.25) is 0 Å². The average Bonchev–Trinajstić information content (AvgIpc) is 3.69. The number of amides is 2. The minimum atomic E-state index is -4.01. The van der Waals surface area contributed by atoms with Gasteiger partial charge in [0.25, 0.3) is 0 Å².